The van der Waals surface area contributed by atoms with Gasteiger partial charge in [-0.05, 0) is 55.4 Å². The summed E-state index contributed by atoms with van der Waals surface area (Å²) in [6.07, 6.45) is 0. The number of amides is 4. The molecule has 0 rings (SSSR count). The van der Waals surface area contributed by atoms with Crippen LogP contribution in [0.2, 0.25) is 0 Å². The quantitative estimate of drug-likeness (QED) is 0.490. The van der Waals surface area contributed by atoms with Crippen LogP contribution in [0.1, 0.15) is 83.1 Å². The first-order chi connectivity index (χ1) is 15.2. The van der Waals surface area contributed by atoms with Crippen molar-refractivity contribution in [2.75, 3.05) is 35.2 Å². The summed E-state index contributed by atoms with van der Waals surface area (Å²) in [5.74, 6) is 0.560. The van der Waals surface area contributed by atoms with Crippen LogP contribution in [-0.2, 0) is 9.59 Å². The van der Waals surface area contributed by atoms with Gasteiger partial charge in [-0.15, -0.1) is 0 Å². The molecule has 0 aromatic carbocycles. The number of carbonyl (C=O) groups is 3. The average Bonchev–Trinajstić information content (AvgIpc) is 2.74. The minimum atomic E-state index is 0.0659. The van der Waals surface area contributed by atoms with Gasteiger partial charge in [0.2, 0.25) is 11.8 Å². The van der Waals surface area contributed by atoms with Crippen molar-refractivity contribution in [3.8, 4) is 0 Å². The molecule has 4 amide bonds. The SMILES string of the molecule is CC(C)C(=O)N(C)C(C)C.CC(C)C(=O)N(C)N(C)C(C)C.CC(C)N(C)C(=O)N(C)C(C)C. The minimum Gasteiger partial charge on any atom is -0.343 e. The molecule has 0 unspecified atom stereocenters. The number of hydrogen-bond acceptors (Lipinski definition) is 4. The Kier molecular flexibility index (Phi) is 19.0. The first-order valence-electron chi connectivity index (χ1n) is 12.5. The molecule has 0 aliphatic carbocycles. The van der Waals surface area contributed by atoms with Gasteiger partial charge in [-0.1, -0.05) is 27.7 Å². The van der Waals surface area contributed by atoms with E-state index in [1.54, 1.807) is 19.7 Å². The normalized spacial score (nSPS) is 10.9. The monoisotopic (exact) mass is 487 g/mol. The zero-order chi connectivity index (χ0) is 28.1. The second-order valence-electron chi connectivity index (χ2n) is 10.6. The molecular formula is C26H57N5O3. The molecule has 0 aliphatic heterocycles. The average molecular weight is 488 g/mol. The maximum atomic E-state index is 11.6. The van der Waals surface area contributed by atoms with Gasteiger partial charge in [0.1, 0.15) is 0 Å². The van der Waals surface area contributed by atoms with Gasteiger partial charge in [-0.2, -0.15) is 0 Å². The van der Waals surface area contributed by atoms with Crippen LogP contribution in [0.4, 0.5) is 4.79 Å². The van der Waals surface area contributed by atoms with E-state index in [-0.39, 0.29) is 41.8 Å². The van der Waals surface area contributed by atoms with E-state index in [4.69, 9.17) is 0 Å². The first-order valence-corrected chi connectivity index (χ1v) is 12.5. The molecule has 0 aromatic heterocycles. The maximum absolute atomic E-state index is 11.6. The predicted octanol–water partition coefficient (Wildman–Crippen LogP) is 4.65. The fraction of sp³-hybridized carbons (Fsp3) is 0.885. The van der Waals surface area contributed by atoms with Crippen molar-refractivity contribution in [3.63, 3.8) is 0 Å². The summed E-state index contributed by atoms with van der Waals surface area (Å²) in [7, 11) is 9.22. The van der Waals surface area contributed by atoms with Crippen molar-refractivity contribution in [3.05, 3.63) is 0 Å². The lowest BCUT2D eigenvalue weighted by molar-refractivity contribution is -0.149. The van der Waals surface area contributed by atoms with E-state index in [0.29, 0.717) is 12.1 Å². The Morgan fingerprint density at radius 3 is 0.912 bits per heavy atom. The Hall–Kier alpha value is -1.83. The molecule has 0 saturated heterocycles. The molecule has 8 heteroatoms. The molecule has 0 atom stereocenters. The number of nitrogens with zero attached hydrogens (tertiary/aromatic N) is 5. The van der Waals surface area contributed by atoms with Gasteiger partial charge in [0, 0.05) is 71.2 Å². The Morgan fingerprint density at radius 1 is 0.441 bits per heavy atom. The third kappa shape index (κ3) is 14.4. The molecule has 34 heavy (non-hydrogen) atoms. The number of carbonyl (C=O) groups excluding carboxylic acids is 3. The highest BCUT2D eigenvalue weighted by Gasteiger charge is 2.19. The molecule has 0 heterocycles. The molecule has 204 valence electrons. The van der Waals surface area contributed by atoms with Crippen LogP contribution in [0.5, 0.6) is 0 Å². The Bertz CT molecular complexity index is 573. The van der Waals surface area contributed by atoms with Crippen LogP contribution in [0.15, 0.2) is 0 Å². The lowest BCUT2D eigenvalue weighted by atomic mass is 10.2. The highest BCUT2D eigenvalue weighted by Crippen LogP contribution is 2.05. The summed E-state index contributed by atoms with van der Waals surface area (Å²) in [6.45, 7) is 23.8. The van der Waals surface area contributed by atoms with E-state index < -0.39 is 0 Å². The molecule has 0 N–H and O–H groups in total. The lowest BCUT2D eigenvalue weighted by Gasteiger charge is -2.32. The van der Waals surface area contributed by atoms with Crippen molar-refractivity contribution in [2.45, 2.75) is 107 Å². The van der Waals surface area contributed by atoms with E-state index in [1.165, 1.54) is 0 Å². The van der Waals surface area contributed by atoms with Crippen molar-refractivity contribution in [1.82, 2.24) is 24.7 Å². The van der Waals surface area contributed by atoms with Crippen molar-refractivity contribution in [2.24, 2.45) is 11.8 Å². The van der Waals surface area contributed by atoms with Crippen molar-refractivity contribution < 1.29 is 14.4 Å². The summed E-state index contributed by atoms with van der Waals surface area (Å²) in [5.41, 5.74) is 0. The molecule has 0 saturated carbocycles. The maximum Gasteiger partial charge on any atom is 0.319 e. The van der Waals surface area contributed by atoms with Crippen LogP contribution in [0.25, 0.3) is 0 Å². The van der Waals surface area contributed by atoms with Crippen molar-refractivity contribution >= 4 is 17.8 Å². The van der Waals surface area contributed by atoms with Gasteiger partial charge in [0.25, 0.3) is 0 Å². The van der Waals surface area contributed by atoms with Crippen LogP contribution in [0.3, 0.4) is 0 Å². The van der Waals surface area contributed by atoms with Crippen LogP contribution in [-0.4, -0.2) is 102 Å². The van der Waals surface area contributed by atoms with Gasteiger partial charge in [0.05, 0.1) is 0 Å². The van der Waals surface area contributed by atoms with Gasteiger partial charge >= 0.3 is 6.03 Å². The largest absolute Gasteiger partial charge is 0.343 e. The Labute approximate surface area is 211 Å². The van der Waals surface area contributed by atoms with Crippen LogP contribution < -0.4 is 0 Å². The molecule has 0 aliphatic rings. The van der Waals surface area contributed by atoms with Crippen LogP contribution in [0, 0.1) is 11.8 Å². The fourth-order valence-corrected chi connectivity index (χ4v) is 2.23. The predicted molar refractivity (Wildman–Crippen MR) is 144 cm³/mol. The highest BCUT2D eigenvalue weighted by atomic mass is 16.2. The van der Waals surface area contributed by atoms with Gasteiger partial charge in [0.15, 0.2) is 0 Å². The lowest BCUT2D eigenvalue weighted by Crippen LogP contribution is -2.46. The summed E-state index contributed by atoms with van der Waals surface area (Å²) < 4.78 is 0. The Morgan fingerprint density at radius 2 is 0.735 bits per heavy atom. The molecule has 0 bridgehead atoms. The zero-order valence-electron chi connectivity index (χ0n) is 25.4. The summed E-state index contributed by atoms with van der Waals surface area (Å²) >= 11 is 0. The second kappa shape index (κ2) is 17.6. The van der Waals surface area contributed by atoms with Crippen LogP contribution >= 0.6 is 0 Å². The number of hydrogen-bond donors (Lipinski definition) is 0. The van der Waals surface area contributed by atoms with E-state index >= 15 is 0 Å². The molecule has 0 radical (unpaired) electrons. The molecule has 8 nitrogen and oxygen atoms in total. The fourth-order valence-electron chi connectivity index (χ4n) is 2.23. The first kappa shape index (κ1) is 36.7. The second-order valence-corrected chi connectivity index (χ2v) is 10.6. The topological polar surface area (TPSA) is 67.4 Å². The van der Waals surface area contributed by atoms with E-state index in [9.17, 15) is 14.4 Å². The number of rotatable bonds is 7. The van der Waals surface area contributed by atoms with E-state index in [2.05, 4.69) is 13.8 Å². The van der Waals surface area contributed by atoms with Gasteiger partial charge in [-0.3, -0.25) is 14.6 Å². The Balaban J connectivity index is -0.000000426. The number of hydrazine groups is 1. The van der Waals surface area contributed by atoms with Gasteiger partial charge < -0.3 is 14.7 Å². The van der Waals surface area contributed by atoms with E-state index in [0.717, 1.165) is 0 Å². The number of urea groups is 1. The summed E-state index contributed by atoms with van der Waals surface area (Å²) in [6, 6.07) is 1.28. The highest BCUT2D eigenvalue weighted by molar-refractivity contribution is 5.78. The van der Waals surface area contributed by atoms with E-state index in [1.807, 2.05) is 109 Å². The third-order valence-corrected chi connectivity index (χ3v) is 5.80. The minimum absolute atomic E-state index is 0.0659. The standard InChI is InChI=1S/2C9H20N2O.C8H17NO/c1-7(2)10(5)9(12)11(6)8(3)4;1-7(2)9(12)11(6)10(5)8(3)4;1-6(2)8(10)9(5)7(3)4/h2*7-8H,1-6H3;6-7H,1-5H3. The summed E-state index contributed by atoms with van der Waals surface area (Å²) in [5, 5.41) is 3.61. The smallest absolute Gasteiger partial charge is 0.319 e. The zero-order valence-corrected chi connectivity index (χ0v) is 25.4. The molecule has 0 aromatic rings. The van der Waals surface area contributed by atoms with Crippen molar-refractivity contribution in [1.29, 1.82) is 0 Å². The summed E-state index contributed by atoms with van der Waals surface area (Å²) in [4.78, 5) is 39.5. The molecular weight excluding hydrogens is 430 g/mol. The van der Waals surface area contributed by atoms with Gasteiger partial charge in [-0.25, -0.2) is 9.80 Å². The molecule has 0 fully saturated rings. The third-order valence-electron chi connectivity index (χ3n) is 5.80. The molecule has 0 spiro atoms.